The van der Waals surface area contributed by atoms with E-state index >= 15 is 0 Å². The molecule has 0 aromatic carbocycles. The van der Waals surface area contributed by atoms with Crippen LogP contribution in [0.5, 0.6) is 0 Å². The average Bonchev–Trinajstić information content (AvgIpc) is 2.70. The van der Waals surface area contributed by atoms with Crippen LogP contribution in [0.2, 0.25) is 0 Å². The number of aryl methyl sites for hydroxylation is 1. The highest BCUT2D eigenvalue weighted by atomic mass is 32.1. The lowest BCUT2D eigenvalue weighted by Gasteiger charge is -2.04. The van der Waals surface area contributed by atoms with Gasteiger partial charge in [-0.05, 0) is 18.4 Å². The van der Waals surface area contributed by atoms with Crippen LogP contribution in [0.3, 0.4) is 0 Å². The Bertz CT molecular complexity index is 423. The van der Waals surface area contributed by atoms with Crippen LogP contribution in [0.1, 0.15) is 5.69 Å². The molecule has 0 aliphatic heterocycles. The summed E-state index contributed by atoms with van der Waals surface area (Å²) in [5, 5.41) is 5.07. The van der Waals surface area contributed by atoms with Crippen molar-refractivity contribution >= 4 is 17.0 Å². The lowest BCUT2D eigenvalue weighted by Crippen LogP contribution is -1.97. The fraction of sp³-hybridized carbons (Fsp3) is 0.200. The fourth-order valence-corrected chi connectivity index (χ4v) is 1.90. The van der Waals surface area contributed by atoms with Crippen LogP contribution in [0.25, 0.3) is 10.7 Å². The van der Waals surface area contributed by atoms with E-state index in [2.05, 4.69) is 15.3 Å². The van der Waals surface area contributed by atoms with E-state index in [1.54, 1.807) is 11.3 Å². The first-order chi connectivity index (χ1) is 6.81. The van der Waals surface area contributed by atoms with Gasteiger partial charge in [-0.2, -0.15) is 0 Å². The first-order valence-electron chi connectivity index (χ1n) is 4.36. The van der Waals surface area contributed by atoms with Crippen LogP contribution in [-0.2, 0) is 0 Å². The van der Waals surface area contributed by atoms with Crippen LogP contribution in [-0.4, -0.2) is 17.0 Å². The van der Waals surface area contributed by atoms with E-state index in [4.69, 9.17) is 0 Å². The molecule has 0 aliphatic rings. The summed E-state index contributed by atoms with van der Waals surface area (Å²) in [5.74, 6) is 0.802. The van der Waals surface area contributed by atoms with E-state index < -0.39 is 0 Å². The molecule has 0 bridgehead atoms. The maximum Gasteiger partial charge on any atom is 0.169 e. The van der Waals surface area contributed by atoms with E-state index in [9.17, 15) is 0 Å². The highest BCUT2D eigenvalue weighted by Gasteiger charge is 2.04. The van der Waals surface area contributed by atoms with Crippen molar-refractivity contribution in [3.05, 3.63) is 29.4 Å². The fourth-order valence-electron chi connectivity index (χ4n) is 1.24. The Kier molecular flexibility index (Phi) is 2.45. The molecule has 0 fully saturated rings. The summed E-state index contributed by atoms with van der Waals surface area (Å²) in [6.07, 6.45) is 1.82. The highest BCUT2D eigenvalue weighted by molar-refractivity contribution is 7.13. The third kappa shape index (κ3) is 1.61. The van der Waals surface area contributed by atoms with Crippen LogP contribution < -0.4 is 5.32 Å². The monoisotopic (exact) mass is 205 g/mol. The van der Waals surface area contributed by atoms with Crippen molar-refractivity contribution in [1.29, 1.82) is 0 Å². The quantitative estimate of drug-likeness (QED) is 0.818. The maximum atomic E-state index is 4.42. The van der Waals surface area contributed by atoms with Crippen molar-refractivity contribution < 1.29 is 0 Å². The summed E-state index contributed by atoms with van der Waals surface area (Å²) in [6, 6.07) is 4.03. The molecular weight excluding hydrogens is 194 g/mol. The summed E-state index contributed by atoms with van der Waals surface area (Å²) in [7, 11) is 1.87. The highest BCUT2D eigenvalue weighted by Crippen LogP contribution is 2.22. The number of hydrogen-bond acceptors (Lipinski definition) is 4. The minimum atomic E-state index is 0.802. The van der Waals surface area contributed by atoms with Crippen LogP contribution in [0, 0.1) is 6.92 Å². The Labute approximate surface area is 86.8 Å². The van der Waals surface area contributed by atoms with Gasteiger partial charge in [0.15, 0.2) is 5.82 Å². The Morgan fingerprint density at radius 3 is 2.86 bits per heavy atom. The van der Waals surface area contributed by atoms with Gasteiger partial charge in [0.1, 0.15) is 0 Å². The van der Waals surface area contributed by atoms with E-state index in [-0.39, 0.29) is 0 Å². The van der Waals surface area contributed by atoms with Gasteiger partial charge in [-0.3, -0.25) is 0 Å². The molecule has 0 aliphatic carbocycles. The number of nitrogens with one attached hydrogen (secondary N) is 1. The number of aromatic nitrogens is 2. The molecule has 2 heterocycles. The molecule has 2 rings (SSSR count). The lowest BCUT2D eigenvalue weighted by molar-refractivity contribution is 1.11. The first-order valence-corrected chi connectivity index (χ1v) is 5.24. The third-order valence-corrected chi connectivity index (χ3v) is 2.86. The second kappa shape index (κ2) is 3.75. The zero-order valence-corrected chi connectivity index (χ0v) is 8.93. The summed E-state index contributed by atoms with van der Waals surface area (Å²) in [6.45, 7) is 1.98. The van der Waals surface area contributed by atoms with Gasteiger partial charge in [0, 0.05) is 7.05 Å². The van der Waals surface area contributed by atoms with E-state index in [0.29, 0.717) is 0 Å². The molecule has 0 spiro atoms. The minimum Gasteiger partial charge on any atom is -0.385 e. The molecule has 14 heavy (non-hydrogen) atoms. The van der Waals surface area contributed by atoms with Crippen molar-refractivity contribution in [3.63, 3.8) is 0 Å². The standard InChI is InChI=1S/C10H11N3S/c1-7-8(11-2)6-12-10(13-7)9-4-3-5-14-9/h3-6,11H,1-2H3. The number of anilines is 1. The molecule has 2 aromatic rings. The molecule has 0 unspecified atom stereocenters. The van der Waals surface area contributed by atoms with Crippen molar-refractivity contribution in [1.82, 2.24) is 9.97 Å². The molecule has 0 atom stereocenters. The topological polar surface area (TPSA) is 37.8 Å². The van der Waals surface area contributed by atoms with Gasteiger partial charge in [-0.15, -0.1) is 11.3 Å². The average molecular weight is 205 g/mol. The molecule has 0 radical (unpaired) electrons. The second-order valence-electron chi connectivity index (χ2n) is 2.92. The minimum absolute atomic E-state index is 0.802. The Hall–Kier alpha value is -1.42. The third-order valence-electron chi connectivity index (χ3n) is 1.99. The predicted octanol–water partition coefficient (Wildman–Crippen LogP) is 2.56. The summed E-state index contributed by atoms with van der Waals surface area (Å²) >= 11 is 1.65. The molecule has 4 heteroatoms. The summed E-state index contributed by atoms with van der Waals surface area (Å²) in [4.78, 5) is 9.82. The van der Waals surface area contributed by atoms with E-state index in [1.165, 1.54) is 0 Å². The van der Waals surface area contributed by atoms with Crippen LogP contribution in [0.15, 0.2) is 23.7 Å². The number of hydrogen-bond donors (Lipinski definition) is 1. The van der Waals surface area contributed by atoms with Crippen molar-refractivity contribution in [2.75, 3.05) is 12.4 Å². The predicted molar refractivity (Wildman–Crippen MR) is 59.6 cm³/mol. The summed E-state index contributed by atoms with van der Waals surface area (Å²) in [5.41, 5.74) is 1.95. The largest absolute Gasteiger partial charge is 0.385 e. The zero-order chi connectivity index (χ0) is 9.97. The van der Waals surface area contributed by atoms with Crippen LogP contribution in [0.4, 0.5) is 5.69 Å². The molecular formula is C10H11N3S. The van der Waals surface area contributed by atoms with Gasteiger partial charge in [0.25, 0.3) is 0 Å². The van der Waals surface area contributed by atoms with E-state index in [1.807, 2.05) is 37.7 Å². The van der Waals surface area contributed by atoms with Crippen LogP contribution >= 0.6 is 11.3 Å². The Morgan fingerprint density at radius 1 is 1.43 bits per heavy atom. The van der Waals surface area contributed by atoms with E-state index in [0.717, 1.165) is 22.1 Å². The Morgan fingerprint density at radius 2 is 2.29 bits per heavy atom. The molecule has 0 saturated carbocycles. The first kappa shape index (κ1) is 9.15. The smallest absolute Gasteiger partial charge is 0.169 e. The zero-order valence-electron chi connectivity index (χ0n) is 8.11. The number of rotatable bonds is 2. The molecule has 3 nitrogen and oxygen atoms in total. The molecule has 2 aromatic heterocycles. The second-order valence-corrected chi connectivity index (χ2v) is 3.87. The SMILES string of the molecule is CNc1cnc(-c2cccs2)nc1C. The Balaban J connectivity index is 2.43. The summed E-state index contributed by atoms with van der Waals surface area (Å²) < 4.78 is 0. The lowest BCUT2D eigenvalue weighted by atomic mass is 10.3. The normalized spacial score (nSPS) is 10.1. The van der Waals surface area contributed by atoms with Gasteiger partial charge >= 0.3 is 0 Å². The number of thiophene rings is 1. The molecule has 1 N–H and O–H groups in total. The van der Waals surface area contributed by atoms with Gasteiger partial charge in [0.2, 0.25) is 0 Å². The van der Waals surface area contributed by atoms with Crippen molar-refractivity contribution in [3.8, 4) is 10.7 Å². The number of nitrogens with zero attached hydrogens (tertiary/aromatic N) is 2. The molecule has 0 saturated heterocycles. The van der Waals surface area contributed by atoms with Gasteiger partial charge in [0.05, 0.1) is 22.5 Å². The van der Waals surface area contributed by atoms with Gasteiger partial charge in [-0.1, -0.05) is 6.07 Å². The van der Waals surface area contributed by atoms with Gasteiger partial charge in [-0.25, -0.2) is 9.97 Å². The van der Waals surface area contributed by atoms with Gasteiger partial charge < -0.3 is 5.32 Å². The van der Waals surface area contributed by atoms with Crippen molar-refractivity contribution in [2.24, 2.45) is 0 Å². The van der Waals surface area contributed by atoms with Crippen molar-refractivity contribution in [2.45, 2.75) is 6.92 Å². The molecule has 72 valence electrons. The molecule has 0 amide bonds. The maximum absolute atomic E-state index is 4.42.